The Morgan fingerprint density at radius 2 is 1.13 bits per heavy atom. The summed E-state index contributed by atoms with van der Waals surface area (Å²) < 4.78 is 8.07. The van der Waals surface area contributed by atoms with Crippen molar-refractivity contribution in [2.75, 3.05) is 0 Å². The molecule has 9 rings (SSSR count). The zero-order valence-electron chi connectivity index (χ0n) is 24.6. The lowest BCUT2D eigenvalue weighted by Gasteiger charge is -2.13. The summed E-state index contributed by atoms with van der Waals surface area (Å²) in [4.78, 5) is 23.7. The molecule has 9 aromatic rings. The molecule has 0 saturated heterocycles. The Morgan fingerprint density at radius 1 is 0.500 bits per heavy atom. The van der Waals surface area contributed by atoms with Crippen molar-refractivity contribution < 1.29 is 4.42 Å². The molecule has 0 aliphatic rings. The van der Waals surface area contributed by atoms with Crippen molar-refractivity contribution >= 4 is 43.5 Å². The predicted octanol–water partition coefficient (Wildman–Crippen LogP) is 9.83. The fourth-order valence-electron chi connectivity index (χ4n) is 6.56. The standard InChI is InChI=1S/C41H25N3O2/c45-41-38-32(31-19-8-10-21-37(31)46-41)22-23-33-30-18-7-9-20-36(30)44(39(33)38)29-17-11-16-28(24-29)35-25-34(26-12-3-1-4-13-26)42-40(43-35)27-14-5-2-6-15-27/h1-25H. The molecule has 216 valence electrons. The van der Waals surface area contributed by atoms with Crippen LogP contribution in [0.1, 0.15) is 0 Å². The summed E-state index contributed by atoms with van der Waals surface area (Å²) in [5.74, 6) is 0.662. The number of rotatable bonds is 4. The molecule has 0 aliphatic heterocycles. The highest BCUT2D eigenvalue weighted by atomic mass is 16.4. The van der Waals surface area contributed by atoms with Gasteiger partial charge in [-0.05, 0) is 30.3 Å². The van der Waals surface area contributed by atoms with Crippen molar-refractivity contribution in [1.29, 1.82) is 0 Å². The van der Waals surface area contributed by atoms with Crippen molar-refractivity contribution in [2.24, 2.45) is 0 Å². The second kappa shape index (κ2) is 10.4. The summed E-state index contributed by atoms with van der Waals surface area (Å²) in [5.41, 5.74) is 7.56. The Kier molecular flexibility index (Phi) is 5.90. The molecule has 46 heavy (non-hydrogen) atoms. The van der Waals surface area contributed by atoms with Crippen molar-refractivity contribution in [3.05, 3.63) is 162 Å². The number of benzene rings is 6. The van der Waals surface area contributed by atoms with Crippen LogP contribution in [0.4, 0.5) is 0 Å². The molecule has 0 unspecified atom stereocenters. The molecule has 0 fully saturated rings. The van der Waals surface area contributed by atoms with Gasteiger partial charge in [-0.2, -0.15) is 0 Å². The van der Waals surface area contributed by atoms with Gasteiger partial charge in [-0.15, -0.1) is 0 Å². The summed E-state index contributed by atoms with van der Waals surface area (Å²) in [5, 5.41) is 4.41. The number of fused-ring (bicyclic) bond motifs is 7. The molecule has 0 N–H and O–H groups in total. The lowest BCUT2D eigenvalue weighted by Crippen LogP contribution is -2.04. The summed E-state index contributed by atoms with van der Waals surface area (Å²) >= 11 is 0. The van der Waals surface area contributed by atoms with E-state index in [1.807, 2.05) is 103 Å². The lowest BCUT2D eigenvalue weighted by atomic mass is 10.0. The van der Waals surface area contributed by atoms with Crippen molar-refractivity contribution in [2.45, 2.75) is 0 Å². The van der Waals surface area contributed by atoms with Gasteiger partial charge in [0.2, 0.25) is 0 Å². The van der Waals surface area contributed by atoms with Crippen LogP contribution in [-0.4, -0.2) is 14.5 Å². The summed E-state index contributed by atoms with van der Waals surface area (Å²) in [6.45, 7) is 0. The number of hydrogen-bond acceptors (Lipinski definition) is 4. The van der Waals surface area contributed by atoms with Crippen LogP contribution in [0.25, 0.3) is 83.1 Å². The van der Waals surface area contributed by atoms with Crippen molar-refractivity contribution in [3.63, 3.8) is 0 Å². The van der Waals surface area contributed by atoms with Gasteiger partial charge in [0, 0.05) is 43.9 Å². The maximum absolute atomic E-state index is 13.7. The molecule has 0 spiro atoms. The quantitative estimate of drug-likeness (QED) is 0.151. The fourth-order valence-corrected chi connectivity index (χ4v) is 6.56. The molecule has 0 aliphatic carbocycles. The molecule has 5 nitrogen and oxygen atoms in total. The third-order valence-corrected chi connectivity index (χ3v) is 8.65. The van der Waals surface area contributed by atoms with Crippen molar-refractivity contribution in [3.8, 4) is 39.6 Å². The zero-order chi connectivity index (χ0) is 30.6. The van der Waals surface area contributed by atoms with E-state index >= 15 is 0 Å². The topological polar surface area (TPSA) is 60.9 Å². The summed E-state index contributed by atoms with van der Waals surface area (Å²) in [7, 11) is 0. The normalized spacial score (nSPS) is 11.6. The maximum Gasteiger partial charge on any atom is 0.346 e. The van der Waals surface area contributed by atoms with E-state index in [-0.39, 0.29) is 5.63 Å². The van der Waals surface area contributed by atoms with Crippen LogP contribution >= 0.6 is 0 Å². The van der Waals surface area contributed by atoms with Gasteiger partial charge < -0.3 is 8.98 Å². The summed E-state index contributed by atoms with van der Waals surface area (Å²) in [6.07, 6.45) is 0. The first-order chi connectivity index (χ1) is 22.7. The molecule has 0 amide bonds. The Labute approximate surface area is 263 Å². The van der Waals surface area contributed by atoms with Gasteiger partial charge in [0.1, 0.15) is 5.58 Å². The van der Waals surface area contributed by atoms with E-state index in [4.69, 9.17) is 14.4 Å². The molecule has 0 bridgehead atoms. The zero-order valence-corrected chi connectivity index (χ0v) is 24.6. The Hall–Kier alpha value is -6.33. The van der Waals surface area contributed by atoms with Gasteiger partial charge >= 0.3 is 5.63 Å². The third kappa shape index (κ3) is 4.14. The molecule has 0 atom stereocenters. The minimum absolute atomic E-state index is 0.352. The smallest absolute Gasteiger partial charge is 0.346 e. The highest BCUT2D eigenvalue weighted by Gasteiger charge is 2.20. The van der Waals surface area contributed by atoms with E-state index in [9.17, 15) is 4.79 Å². The minimum Gasteiger partial charge on any atom is -0.422 e. The number of nitrogens with zero attached hydrogens (tertiary/aromatic N) is 3. The first-order valence-electron chi connectivity index (χ1n) is 15.2. The molecule has 3 heterocycles. The SMILES string of the molecule is O=c1oc2ccccc2c2ccc3c4ccccc4n(-c4cccc(-c5cc(-c6ccccc6)nc(-c6ccccc6)n5)c4)c3c12. The van der Waals surface area contributed by atoms with E-state index in [0.29, 0.717) is 16.8 Å². The van der Waals surface area contributed by atoms with Crippen LogP contribution < -0.4 is 5.63 Å². The average Bonchev–Trinajstić information content (AvgIpc) is 3.47. The molecule has 6 aromatic carbocycles. The van der Waals surface area contributed by atoms with Crippen LogP contribution in [-0.2, 0) is 0 Å². The van der Waals surface area contributed by atoms with E-state index < -0.39 is 0 Å². The van der Waals surface area contributed by atoms with E-state index in [1.165, 1.54) is 0 Å². The van der Waals surface area contributed by atoms with Gasteiger partial charge in [0.15, 0.2) is 5.82 Å². The van der Waals surface area contributed by atoms with Crippen LogP contribution in [0, 0.1) is 0 Å². The Balaban J connectivity index is 1.32. The first-order valence-corrected chi connectivity index (χ1v) is 15.2. The van der Waals surface area contributed by atoms with Crippen LogP contribution in [0.3, 0.4) is 0 Å². The van der Waals surface area contributed by atoms with Crippen LogP contribution in [0.2, 0.25) is 0 Å². The van der Waals surface area contributed by atoms with Crippen LogP contribution in [0.5, 0.6) is 0 Å². The number of para-hydroxylation sites is 2. The predicted molar refractivity (Wildman–Crippen MR) is 186 cm³/mol. The minimum atomic E-state index is -0.352. The molecule has 0 radical (unpaired) electrons. The molecule has 0 saturated carbocycles. The van der Waals surface area contributed by atoms with E-state index in [0.717, 1.165) is 66.3 Å². The number of hydrogen-bond donors (Lipinski definition) is 0. The van der Waals surface area contributed by atoms with Crippen LogP contribution in [0.15, 0.2) is 161 Å². The molecule has 5 heteroatoms. The Bertz CT molecular complexity index is 2600. The monoisotopic (exact) mass is 591 g/mol. The second-order valence-electron chi connectivity index (χ2n) is 11.4. The van der Waals surface area contributed by atoms with E-state index in [2.05, 4.69) is 53.1 Å². The maximum atomic E-state index is 13.7. The summed E-state index contributed by atoms with van der Waals surface area (Å²) in [6, 6.07) is 50.7. The number of aromatic nitrogens is 3. The second-order valence-corrected chi connectivity index (χ2v) is 11.4. The average molecular weight is 592 g/mol. The highest BCUT2D eigenvalue weighted by Crippen LogP contribution is 2.38. The molecular weight excluding hydrogens is 566 g/mol. The van der Waals surface area contributed by atoms with Gasteiger partial charge in [0.05, 0.1) is 27.8 Å². The largest absolute Gasteiger partial charge is 0.422 e. The first kappa shape index (κ1) is 26.1. The van der Waals surface area contributed by atoms with Gasteiger partial charge in [-0.1, -0.05) is 121 Å². The molecular formula is C41H25N3O2. The third-order valence-electron chi connectivity index (χ3n) is 8.65. The van der Waals surface area contributed by atoms with Gasteiger partial charge in [-0.3, -0.25) is 0 Å². The lowest BCUT2D eigenvalue weighted by molar-refractivity contribution is 0.570. The van der Waals surface area contributed by atoms with Gasteiger partial charge in [0.25, 0.3) is 0 Å². The van der Waals surface area contributed by atoms with Gasteiger partial charge in [-0.25, -0.2) is 14.8 Å². The van der Waals surface area contributed by atoms with Crippen molar-refractivity contribution in [1.82, 2.24) is 14.5 Å². The highest BCUT2D eigenvalue weighted by molar-refractivity contribution is 6.21. The van der Waals surface area contributed by atoms with E-state index in [1.54, 1.807) is 0 Å². The Morgan fingerprint density at radius 3 is 1.93 bits per heavy atom. The fraction of sp³-hybridized carbons (Fsp3) is 0. The molecule has 3 aromatic heterocycles.